The Labute approximate surface area is 188 Å². The highest BCUT2D eigenvalue weighted by molar-refractivity contribution is 7.18. The second kappa shape index (κ2) is 9.07. The number of hydrogen-bond acceptors (Lipinski definition) is 6. The molecular weight excluding hydrogens is 428 g/mol. The van der Waals surface area contributed by atoms with Crippen LogP contribution in [0.2, 0.25) is 0 Å². The molecule has 0 spiro atoms. The van der Waals surface area contributed by atoms with E-state index in [4.69, 9.17) is 9.15 Å². The Balaban J connectivity index is 1.41. The van der Waals surface area contributed by atoms with E-state index >= 15 is 0 Å². The summed E-state index contributed by atoms with van der Waals surface area (Å²) in [5, 5.41) is 7.87. The lowest BCUT2D eigenvalue weighted by Gasteiger charge is -2.14. The number of aryl methyl sites for hydroxylation is 1. The van der Waals surface area contributed by atoms with Crippen molar-refractivity contribution in [3.05, 3.63) is 83.1 Å². The number of furan rings is 1. The van der Waals surface area contributed by atoms with Crippen LogP contribution in [0.25, 0.3) is 10.8 Å². The number of esters is 1. The fourth-order valence-corrected chi connectivity index (χ4v) is 4.11. The average Bonchev–Trinajstić information content (AvgIpc) is 3.44. The van der Waals surface area contributed by atoms with Crippen molar-refractivity contribution in [2.45, 2.75) is 20.0 Å². The summed E-state index contributed by atoms with van der Waals surface area (Å²) in [6, 6.07) is 18.1. The Kier molecular flexibility index (Phi) is 6.04. The number of amides is 2. The highest BCUT2D eigenvalue weighted by atomic mass is 32.1. The van der Waals surface area contributed by atoms with Gasteiger partial charge in [0.25, 0.3) is 11.8 Å². The SMILES string of the molecule is Cc1cc(NC(=O)c2ccco2)sc1C(=O)OC(C)C(=O)Nc1cccc2ccccc12. The normalized spacial score (nSPS) is 11.7. The second-order valence-electron chi connectivity index (χ2n) is 7.12. The Morgan fingerprint density at radius 1 is 1.00 bits per heavy atom. The topological polar surface area (TPSA) is 97.6 Å². The number of carbonyl (C=O) groups excluding carboxylic acids is 3. The van der Waals surface area contributed by atoms with Gasteiger partial charge in [-0.2, -0.15) is 0 Å². The maximum Gasteiger partial charge on any atom is 0.349 e. The van der Waals surface area contributed by atoms with Crippen molar-refractivity contribution in [3.8, 4) is 0 Å². The lowest BCUT2D eigenvalue weighted by Crippen LogP contribution is -2.30. The fourth-order valence-electron chi connectivity index (χ4n) is 3.16. The van der Waals surface area contributed by atoms with Crippen molar-refractivity contribution >= 4 is 50.6 Å². The predicted octanol–water partition coefficient (Wildman–Crippen LogP) is 5.24. The first-order chi connectivity index (χ1) is 15.4. The van der Waals surface area contributed by atoms with E-state index in [1.54, 1.807) is 31.2 Å². The van der Waals surface area contributed by atoms with E-state index in [0.717, 1.165) is 22.1 Å². The summed E-state index contributed by atoms with van der Waals surface area (Å²) < 4.78 is 10.4. The second-order valence-corrected chi connectivity index (χ2v) is 8.17. The smallest absolute Gasteiger partial charge is 0.349 e. The average molecular weight is 449 g/mol. The van der Waals surface area contributed by atoms with Crippen LogP contribution < -0.4 is 10.6 Å². The predicted molar refractivity (Wildman–Crippen MR) is 123 cm³/mol. The highest BCUT2D eigenvalue weighted by Gasteiger charge is 2.23. The number of anilines is 2. The maximum absolute atomic E-state index is 12.6. The molecule has 2 N–H and O–H groups in total. The monoisotopic (exact) mass is 448 g/mol. The van der Waals surface area contributed by atoms with Gasteiger partial charge < -0.3 is 19.8 Å². The van der Waals surface area contributed by atoms with Crippen molar-refractivity contribution in [2.24, 2.45) is 0 Å². The summed E-state index contributed by atoms with van der Waals surface area (Å²) in [6.45, 7) is 3.25. The van der Waals surface area contributed by atoms with Crippen LogP contribution in [0.3, 0.4) is 0 Å². The van der Waals surface area contributed by atoms with E-state index < -0.39 is 23.9 Å². The Hall–Kier alpha value is -3.91. The third-order valence-corrected chi connectivity index (χ3v) is 5.92. The van der Waals surface area contributed by atoms with E-state index in [2.05, 4.69) is 10.6 Å². The van der Waals surface area contributed by atoms with Gasteiger partial charge in [-0.15, -0.1) is 11.3 Å². The number of nitrogens with one attached hydrogen (secondary N) is 2. The van der Waals surface area contributed by atoms with Gasteiger partial charge in [-0.05, 0) is 49.1 Å². The number of carbonyl (C=O) groups is 3. The molecule has 2 heterocycles. The zero-order valence-corrected chi connectivity index (χ0v) is 18.2. The van der Waals surface area contributed by atoms with Gasteiger partial charge >= 0.3 is 5.97 Å². The first-order valence-corrected chi connectivity index (χ1v) is 10.7. The molecule has 7 nitrogen and oxygen atoms in total. The van der Waals surface area contributed by atoms with E-state index in [-0.39, 0.29) is 5.76 Å². The lowest BCUT2D eigenvalue weighted by atomic mass is 10.1. The molecule has 0 fully saturated rings. The van der Waals surface area contributed by atoms with Crippen LogP contribution in [0.5, 0.6) is 0 Å². The summed E-state index contributed by atoms with van der Waals surface area (Å²) in [4.78, 5) is 37.7. The molecule has 2 aromatic carbocycles. The van der Waals surface area contributed by atoms with E-state index in [1.165, 1.54) is 13.2 Å². The summed E-state index contributed by atoms with van der Waals surface area (Å²) in [6.07, 6.45) is 0.395. The molecule has 0 aliphatic heterocycles. The van der Waals surface area contributed by atoms with Crippen molar-refractivity contribution < 1.29 is 23.5 Å². The summed E-state index contributed by atoms with van der Waals surface area (Å²) >= 11 is 1.07. The molecule has 2 amide bonds. The third kappa shape index (κ3) is 4.55. The third-order valence-electron chi connectivity index (χ3n) is 4.79. The largest absolute Gasteiger partial charge is 0.459 e. The fraction of sp³-hybridized carbons (Fsp3) is 0.125. The molecule has 32 heavy (non-hydrogen) atoms. The van der Waals surface area contributed by atoms with Gasteiger partial charge in [-0.1, -0.05) is 36.4 Å². The molecule has 1 atom stereocenters. The van der Waals surface area contributed by atoms with E-state index in [9.17, 15) is 14.4 Å². The number of ether oxygens (including phenoxy) is 1. The quantitative estimate of drug-likeness (QED) is 0.393. The van der Waals surface area contributed by atoms with Gasteiger partial charge in [0, 0.05) is 11.1 Å². The molecule has 2 aromatic heterocycles. The number of thiophene rings is 1. The highest BCUT2D eigenvalue weighted by Crippen LogP contribution is 2.28. The molecule has 4 aromatic rings. The molecule has 0 radical (unpaired) electrons. The number of rotatable bonds is 6. The van der Waals surface area contributed by atoms with Crippen LogP contribution in [0.15, 0.2) is 71.3 Å². The number of fused-ring (bicyclic) bond motifs is 1. The van der Waals surface area contributed by atoms with Crippen LogP contribution in [0.4, 0.5) is 10.7 Å². The standard InChI is InChI=1S/C24H20N2O5S/c1-14-13-20(26-23(28)19-11-6-12-30-19)32-21(14)24(29)31-15(2)22(27)25-18-10-5-8-16-7-3-4-9-17(16)18/h3-13,15H,1-2H3,(H,25,27)(H,26,28). The molecular formula is C24H20N2O5S. The first-order valence-electron chi connectivity index (χ1n) is 9.87. The lowest BCUT2D eigenvalue weighted by molar-refractivity contribution is -0.123. The molecule has 162 valence electrons. The molecule has 0 aliphatic carbocycles. The molecule has 0 aliphatic rings. The van der Waals surface area contributed by atoms with Crippen molar-refractivity contribution in [2.75, 3.05) is 10.6 Å². The van der Waals surface area contributed by atoms with Crippen LogP contribution in [0.1, 0.15) is 32.7 Å². The van der Waals surface area contributed by atoms with Gasteiger partial charge in [-0.3, -0.25) is 9.59 Å². The van der Waals surface area contributed by atoms with Crippen LogP contribution in [0, 0.1) is 6.92 Å². The van der Waals surface area contributed by atoms with Crippen molar-refractivity contribution in [3.63, 3.8) is 0 Å². The molecule has 4 rings (SSSR count). The van der Waals surface area contributed by atoms with Crippen LogP contribution in [-0.4, -0.2) is 23.9 Å². The Morgan fingerprint density at radius 2 is 1.78 bits per heavy atom. The van der Waals surface area contributed by atoms with Crippen LogP contribution >= 0.6 is 11.3 Å². The summed E-state index contributed by atoms with van der Waals surface area (Å²) in [5.74, 6) is -1.32. The van der Waals surface area contributed by atoms with E-state index in [0.29, 0.717) is 21.1 Å². The minimum absolute atomic E-state index is 0.166. The zero-order valence-electron chi connectivity index (χ0n) is 17.4. The molecule has 0 saturated carbocycles. The minimum atomic E-state index is -1.01. The number of benzene rings is 2. The minimum Gasteiger partial charge on any atom is -0.459 e. The Morgan fingerprint density at radius 3 is 2.56 bits per heavy atom. The first kappa shape index (κ1) is 21.3. The zero-order chi connectivity index (χ0) is 22.7. The van der Waals surface area contributed by atoms with Crippen molar-refractivity contribution in [1.82, 2.24) is 0 Å². The van der Waals surface area contributed by atoms with Crippen LogP contribution in [-0.2, 0) is 9.53 Å². The number of hydrogen-bond donors (Lipinski definition) is 2. The van der Waals surface area contributed by atoms with E-state index in [1.807, 2.05) is 36.4 Å². The molecule has 0 saturated heterocycles. The Bertz CT molecular complexity index is 1290. The summed E-state index contributed by atoms with van der Waals surface area (Å²) in [7, 11) is 0. The van der Waals surface area contributed by atoms with Gasteiger partial charge in [0.15, 0.2) is 11.9 Å². The molecule has 8 heteroatoms. The summed E-state index contributed by atoms with van der Waals surface area (Å²) in [5.41, 5.74) is 1.28. The van der Waals surface area contributed by atoms with Crippen molar-refractivity contribution in [1.29, 1.82) is 0 Å². The van der Waals surface area contributed by atoms with Gasteiger partial charge in [0.1, 0.15) is 4.88 Å². The van der Waals surface area contributed by atoms with Gasteiger partial charge in [0.2, 0.25) is 0 Å². The molecule has 0 bridgehead atoms. The van der Waals surface area contributed by atoms with Gasteiger partial charge in [0.05, 0.1) is 11.3 Å². The van der Waals surface area contributed by atoms with Gasteiger partial charge in [-0.25, -0.2) is 4.79 Å². The molecule has 1 unspecified atom stereocenters. The maximum atomic E-state index is 12.6.